The number of ether oxygens (including phenoxy) is 1. The van der Waals surface area contributed by atoms with E-state index in [0.29, 0.717) is 17.3 Å². The predicted octanol–water partition coefficient (Wildman–Crippen LogP) is 2.48. The lowest BCUT2D eigenvalue weighted by Crippen LogP contribution is -2.44. The van der Waals surface area contributed by atoms with E-state index in [4.69, 9.17) is 21.4 Å². The largest absolute Gasteiger partial charge is 0.484 e. The number of halogens is 1. The van der Waals surface area contributed by atoms with Crippen molar-refractivity contribution in [1.82, 2.24) is 5.32 Å². The van der Waals surface area contributed by atoms with Crippen LogP contribution < -0.4 is 10.1 Å². The van der Waals surface area contributed by atoms with Crippen LogP contribution in [0.2, 0.25) is 5.02 Å². The Morgan fingerprint density at radius 3 is 2.71 bits per heavy atom. The van der Waals surface area contributed by atoms with E-state index in [1.54, 1.807) is 24.3 Å². The van der Waals surface area contributed by atoms with Crippen LogP contribution in [-0.4, -0.2) is 30.1 Å². The van der Waals surface area contributed by atoms with Crippen LogP contribution in [0.4, 0.5) is 0 Å². The average molecular weight is 312 g/mol. The summed E-state index contributed by atoms with van der Waals surface area (Å²) in [6, 6.07) is 6.82. The molecule has 0 saturated heterocycles. The van der Waals surface area contributed by atoms with Gasteiger partial charge in [0.1, 0.15) is 5.75 Å². The van der Waals surface area contributed by atoms with E-state index < -0.39 is 5.97 Å². The van der Waals surface area contributed by atoms with Gasteiger partial charge in [0.15, 0.2) is 6.61 Å². The van der Waals surface area contributed by atoms with Crippen molar-refractivity contribution in [2.24, 2.45) is 5.41 Å². The van der Waals surface area contributed by atoms with Crippen molar-refractivity contribution in [3.05, 3.63) is 29.3 Å². The number of hydrogen-bond acceptors (Lipinski definition) is 3. The van der Waals surface area contributed by atoms with Gasteiger partial charge in [-0.2, -0.15) is 0 Å². The molecule has 0 heterocycles. The summed E-state index contributed by atoms with van der Waals surface area (Å²) >= 11 is 5.82. The third-order valence-electron chi connectivity index (χ3n) is 3.77. The Kier molecular flexibility index (Phi) is 5.07. The number of rotatable bonds is 7. The van der Waals surface area contributed by atoms with Crippen molar-refractivity contribution in [3.8, 4) is 5.75 Å². The maximum absolute atomic E-state index is 11.8. The Bertz CT molecular complexity index is 528. The highest BCUT2D eigenvalue weighted by atomic mass is 35.5. The fourth-order valence-corrected chi connectivity index (χ4v) is 2.64. The second-order valence-electron chi connectivity index (χ2n) is 5.45. The van der Waals surface area contributed by atoms with E-state index in [2.05, 4.69) is 5.32 Å². The number of hydrogen-bond donors (Lipinski definition) is 2. The standard InChI is InChI=1S/C15H18ClNO4/c16-11-3-1-4-12(7-11)21-9-13(18)17-10-15(5-2-6-15)8-14(19)20/h1,3-4,7H,2,5-6,8-10H2,(H,17,18)(H,19,20). The van der Waals surface area contributed by atoms with Crippen LogP contribution in [-0.2, 0) is 9.59 Å². The average Bonchev–Trinajstić information content (AvgIpc) is 2.39. The Balaban J connectivity index is 1.76. The first-order valence-electron chi connectivity index (χ1n) is 6.86. The van der Waals surface area contributed by atoms with Gasteiger partial charge in [-0.1, -0.05) is 24.1 Å². The molecule has 1 aromatic carbocycles. The molecule has 0 unspecified atom stereocenters. The molecule has 1 aliphatic rings. The van der Waals surface area contributed by atoms with Crippen molar-refractivity contribution in [1.29, 1.82) is 0 Å². The second-order valence-corrected chi connectivity index (χ2v) is 5.88. The van der Waals surface area contributed by atoms with Crippen LogP contribution in [0.15, 0.2) is 24.3 Å². The summed E-state index contributed by atoms with van der Waals surface area (Å²) in [6.07, 6.45) is 2.80. The van der Waals surface area contributed by atoms with Crippen LogP contribution in [0.5, 0.6) is 5.75 Å². The summed E-state index contributed by atoms with van der Waals surface area (Å²) in [5.74, 6) is -0.549. The molecule has 0 radical (unpaired) electrons. The van der Waals surface area contributed by atoms with E-state index in [1.165, 1.54) is 0 Å². The van der Waals surface area contributed by atoms with Crippen LogP contribution >= 0.6 is 11.6 Å². The molecule has 1 amide bonds. The zero-order valence-corrected chi connectivity index (χ0v) is 12.4. The Labute approximate surface area is 128 Å². The predicted molar refractivity (Wildman–Crippen MR) is 78.5 cm³/mol. The minimum absolute atomic E-state index is 0.0996. The van der Waals surface area contributed by atoms with Crippen LogP contribution in [0.1, 0.15) is 25.7 Å². The maximum atomic E-state index is 11.8. The third kappa shape index (κ3) is 4.63. The normalized spacial score (nSPS) is 15.9. The lowest BCUT2D eigenvalue weighted by Gasteiger charge is -2.40. The van der Waals surface area contributed by atoms with Gasteiger partial charge in [0.2, 0.25) is 0 Å². The number of aliphatic carboxylic acids is 1. The van der Waals surface area contributed by atoms with Crippen molar-refractivity contribution < 1.29 is 19.4 Å². The van der Waals surface area contributed by atoms with E-state index in [9.17, 15) is 9.59 Å². The lowest BCUT2D eigenvalue weighted by atomic mass is 9.66. The number of nitrogens with one attached hydrogen (secondary N) is 1. The Hall–Kier alpha value is -1.75. The van der Waals surface area contributed by atoms with E-state index in [-0.39, 0.29) is 24.3 Å². The molecule has 6 heteroatoms. The lowest BCUT2D eigenvalue weighted by molar-refractivity contribution is -0.142. The molecule has 0 aliphatic heterocycles. The fraction of sp³-hybridized carbons (Fsp3) is 0.467. The van der Waals surface area contributed by atoms with Gasteiger partial charge in [0.05, 0.1) is 6.42 Å². The molecular formula is C15H18ClNO4. The fourth-order valence-electron chi connectivity index (χ4n) is 2.46. The van der Waals surface area contributed by atoms with Crippen LogP contribution in [0.25, 0.3) is 0 Å². The number of carboxylic acids is 1. The molecule has 5 nitrogen and oxygen atoms in total. The molecule has 21 heavy (non-hydrogen) atoms. The summed E-state index contributed by atoms with van der Waals surface area (Å²) in [6.45, 7) is 0.278. The number of carbonyl (C=O) groups excluding carboxylic acids is 1. The molecule has 114 valence electrons. The topological polar surface area (TPSA) is 75.6 Å². The molecule has 1 aromatic rings. The summed E-state index contributed by atoms with van der Waals surface area (Å²) < 4.78 is 5.33. The van der Waals surface area contributed by atoms with E-state index in [0.717, 1.165) is 19.3 Å². The van der Waals surface area contributed by atoms with Gasteiger partial charge in [0, 0.05) is 11.6 Å². The van der Waals surface area contributed by atoms with Gasteiger partial charge < -0.3 is 15.2 Å². The summed E-state index contributed by atoms with van der Waals surface area (Å²) in [4.78, 5) is 22.6. The zero-order valence-electron chi connectivity index (χ0n) is 11.6. The zero-order chi connectivity index (χ0) is 15.3. The molecule has 0 spiro atoms. The highest BCUT2D eigenvalue weighted by Gasteiger charge is 2.39. The Morgan fingerprint density at radius 1 is 1.38 bits per heavy atom. The number of carboxylic acid groups (broad SMARTS) is 1. The number of benzene rings is 1. The van der Waals surface area contributed by atoms with Gasteiger partial charge >= 0.3 is 5.97 Å². The molecule has 1 fully saturated rings. The molecule has 0 atom stereocenters. The highest BCUT2D eigenvalue weighted by Crippen LogP contribution is 2.43. The second kappa shape index (κ2) is 6.80. The first-order valence-corrected chi connectivity index (χ1v) is 7.24. The van der Waals surface area contributed by atoms with Gasteiger partial charge in [-0.25, -0.2) is 0 Å². The van der Waals surface area contributed by atoms with Crippen molar-refractivity contribution in [2.45, 2.75) is 25.7 Å². The molecule has 2 N–H and O–H groups in total. The number of carbonyl (C=O) groups is 2. The molecule has 0 bridgehead atoms. The summed E-state index contributed by atoms with van der Waals surface area (Å²) in [7, 11) is 0. The minimum Gasteiger partial charge on any atom is -0.484 e. The summed E-state index contributed by atoms with van der Waals surface area (Å²) in [5.41, 5.74) is -0.280. The monoisotopic (exact) mass is 311 g/mol. The van der Waals surface area contributed by atoms with Gasteiger partial charge in [-0.15, -0.1) is 0 Å². The molecule has 0 aromatic heterocycles. The van der Waals surface area contributed by atoms with Gasteiger partial charge in [-0.05, 0) is 36.5 Å². The first kappa shape index (κ1) is 15.6. The van der Waals surface area contributed by atoms with Crippen LogP contribution in [0, 0.1) is 5.41 Å². The number of amides is 1. The molecule has 1 saturated carbocycles. The van der Waals surface area contributed by atoms with Crippen LogP contribution in [0.3, 0.4) is 0 Å². The molecule has 1 aliphatic carbocycles. The molecule has 2 rings (SSSR count). The van der Waals surface area contributed by atoms with Crippen molar-refractivity contribution in [3.63, 3.8) is 0 Å². The summed E-state index contributed by atoms with van der Waals surface area (Å²) in [5, 5.41) is 12.2. The van der Waals surface area contributed by atoms with Crippen molar-refractivity contribution >= 4 is 23.5 Å². The van der Waals surface area contributed by atoms with E-state index in [1.807, 2.05) is 0 Å². The SMILES string of the molecule is O=C(O)CC1(CNC(=O)COc2cccc(Cl)c2)CCC1. The van der Waals surface area contributed by atoms with Gasteiger partial charge in [-0.3, -0.25) is 9.59 Å². The smallest absolute Gasteiger partial charge is 0.303 e. The third-order valence-corrected chi connectivity index (χ3v) is 4.00. The van der Waals surface area contributed by atoms with Crippen molar-refractivity contribution in [2.75, 3.05) is 13.2 Å². The van der Waals surface area contributed by atoms with E-state index >= 15 is 0 Å². The first-order chi connectivity index (χ1) is 9.99. The quantitative estimate of drug-likeness (QED) is 0.811. The maximum Gasteiger partial charge on any atom is 0.303 e. The molecular weight excluding hydrogens is 294 g/mol. The van der Waals surface area contributed by atoms with Gasteiger partial charge in [0.25, 0.3) is 5.91 Å². The Morgan fingerprint density at radius 2 is 2.14 bits per heavy atom. The minimum atomic E-state index is -0.820. The highest BCUT2D eigenvalue weighted by molar-refractivity contribution is 6.30.